The van der Waals surface area contributed by atoms with Crippen molar-refractivity contribution in [1.82, 2.24) is 0 Å². The fourth-order valence-corrected chi connectivity index (χ4v) is 1.26. The highest BCUT2D eigenvalue weighted by molar-refractivity contribution is 5.92. The fraction of sp³-hybridized carbons (Fsp3) is 0.667. The van der Waals surface area contributed by atoms with Crippen molar-refractivity contribution in [2.45, 2.75) is 39.0 Å². The molecular weight excluding hydrogens is 124 g/mol. The standard InChI is InChI=1S/C9H14O/c1-2-3-4-8-5-6-9(10)7-8/h7H,2-6H2,1H3. The van der Waals surface area contributed by atoms with E-state index in [1.807, 2.05) is 6.08 Å². The maximum atomic E-state index is 10.7. The molecule has 10 heavy (non-hydrogen) atoms. The van der Waals surface area contributed by atoms with E-state index in [2.05, 4.69) is 6.92 Å². The Morgan fingerprint density at radius 3 is 2.80 bits per heavy atom. The number of rotatable bonds is 3. The molecule has 0 amide bonds. The molecule has 56 valence electrons. The maximum absolute atomic E-state index is 10.7. The van der Waals surface area contributed by atoms with Gasteiger partial charge >= 0.3 is 0 Å². The normalized spacial score (nSPS) is 17.7. The molecule has 0 aromatic carbocycles. The van der Waals surface area contributed by atoms with Crippen LogP contribution in [0.15, 0.2) is 11.6 Å². The van der Waals surface area contributed by atoms with E-state index in [1.54, 1.807) is 0 Å². The zero-order valence-corrected chi connectivity index (χ0v) is 6.52. The summed E-state index contributed by atoms with van der Waals surface area (Å²) in [5, 5.41) is 0. The second kappa shape index (κ2) is 3.55. The molecular formula is C9H14O. The number of carbonyl (C=O) groups is 1. The molecule has 0 heterocycles. The molecule has 1 aliphatic carbocycles. The van der Waals surface area contributed by atoms with E-state index in [-0.39, 0.29) is 0 Å². The second-order valence-corrected chi connectivity index (χ2v) is 2.87. The number of allylic oxidation sites excluding steroid dienone is 2. The lowest BCUT2D eigenvalue weighted by Gasteiger charge is -1.96. The summed E-state index contributed by atoms with van der Waals surface area (Å²) >= 11 is 0. The average Bonchev–Trinajstić information content (AvgIpc) is 2.31. The second-order valence-electron chi connectivity index (χ2n) is 2.87. The Morgan fingerprint density at radius 2 is 2.30 bits per heavy atom. The zero-order chi connectivity index (χ0) is 7.40. The largest absolute Gasteiger partial charge is 0.295 e. The maximum Gasteiger partial charge on any atom is 0.155 e. The summed E-state index contributed by atoms with van der Waals surface area (Å²) in [4.78, 5) is 10.7. The zero-order valence-electron chi connectivity index (χ0n) is 6.52. The van der Waals surface area contributed by atoms with Crippen LogP contribution in [0, 0.1) is 0 Å². The lowest BCUT2D eigenvalue weighted by molar-refractivity contribution is -0.114. The van der Waals surface area contributed by atoms with Crippen LogP contribution in [0.2, 0.25) is 0 Å². The van der Waals surface area contributed by atoms with Crippen molar-refractivity contribution < 1.29 is 4.79 Å². The molecule has 0 aliphatic heterocycles. The predicted octanol–water partition coefficient (Wildman–Crippen LogP) is 2.47. The van der Waals surface area contributed by atoms with Crippen molar-refractivity contribution in [3.63, 3.8) is 0 Å². The lowest BCUT2D eigenvalue weighted by Crippen LogP contribution is -1.80. The molecule has 1 heteroatoms. The Bertz CT molecular complexity index is 156. The molecule has 1 nitrogen and oxygen atoms in total. The predicted molar refractivity (Wildman–Crippen MR) is 41.8 cm³/mol. The van der Waals surface area contributed by atoms with E-state index in [9.17, 15) is 4.79 Å². The molecule has 0 fully saturated rings. The lowest BCUT2D eigenvalue weighted by atomic mass is 10.1. The van der Waals surface area contributed by atoms with Crippen LogP contribution in [0.5, 0.6) is 0 Å². The SMILES string of the molecule is CCCCC1=CC(=O)CC1. The van der Waals surface area contributed by atoms with Gasteiger partial charge in [-0.1, -0.05) is 18.9 Å². The number of carbonyl (C=O) groups excluding carboxylic acids is 1. The molecule has 0 atom stereocenters. The third-order valence-electron chi connectivity index (χ3n) is 1.91. The highest BCUT2D eigenvalue weighted by atomic mass is 16.1. The molecule has 0 radical (unpaired) electrons. The van der Waals surface area contributed by atoms with Gasteiger partial charge < -0.3 is 0 Å². The van der Waals surface area contributed by atoms with E-state index < -0.39 is 0 Å². The Morgan fingerprint density at radius 1 is 1.50 bits per heavy atom. The minimum Gasteiger partial charge on any atom is -0.295 e. The van der Waals surface area contributed by atoms with Crippen LogP contribution in [-0.2, 0) is 4.79 Å². The number of ketones is 1. The summed E-state index contributed by atoms with van der Waals surface area (Å²) in [5.41, 5.74) is 1.37. The molecule has 0 bridgehead atoms. The van der Waals surface area contributed by atoms with Crippen LogP contribution in [0.25, 0.3) is 0 Å². The highest BCUT2D eigenvalue weighted by Gasteiger charge is 2.10. The highest BCUT2D eigenvalue weighted by Crippen LogP contribution is 2.19. The Hall–Kier alpha value is -0.590. The molecule has 0 aromatic heterocycles. The molecule has 0 saturated heterocycles. The first-order chi connectivity index (χ1) is 4.83. The molecule has 0 unspecified atom stereocenters. The first-order valence-electron chi connectivity index (χ1n) is 4.05. The number of hydrogen-bond donors (Lipinski definition) is 0. The monoisotopic (exact) mass is 138 g/mol. The van der Waals surface area contributed by atoms with E-state index in [0.717, 1.165) is 19.3 Å². The minimum atomic E-state index is 0.325. The molecule has 0 aromatic rings. The summed E-state index contributed by atoms with van der Waals surface area (Å²) in [6.45, 7) is 2.18. The van der Waals surface area contributed by atoms with Gasteiger partial charge in [-0.3, -0.25) is 4.79 Å². The van der Waals surface area contributed by atoms with Crippen molar-refractivity contribution in [3.8, 4) is 0 Å². The fourth-order valence-electron chi connectivity index (χ4n) is 1.26. The van der Waals surface area contributed by atoms with E-state index >= 15 is 0 Å². The summed E-state index contributed by atoms with van der Waals surface area (Å²) in [6.07, 6.45) is 7.22. The van der Waals surface area contributed by atoms with Gasteiger partial charge in [-0.2, -0.15) is 0 Å². The average molecular weight is 138 g/mol. The van der Waals surface area contributed by atoms with Gasteiger partial charge in [-0.15, -0.1) is 0 Å². The minimum absolute atomic E-state index is 0.325. The Balaban J connectivity index is 2.28. The van der Waals surface area contributed by atoms with Gasteiger partial charge in [0.1, 0.15) is 0 Å². The smallest absolute Gasteiger partial charge is 0.155 e. The summed E-state index contributed by atoms with van der Waals surface area (Å²) < 4.78 is 0. The van der Waals surface area contributed by atoms with Crippen molar-refractivity contribution in [2.75, 3.05) is 0 Å². The van der Waals surface area contributed by atoms with Gasteiger partial charge in [0.15, 0.2) is 5.78 Å². The first-order valence-corrected chi connectivity index (χ1v) is 4.05. The van der Waals surface area contributed by atoms with Crippen LogP contribution >= 0.6 is 0 Å². The number of hydrogen-bond acceptors (Lipinski definition) is 1. The topological polar surface area (TPSA) is 17.1 Å². The van der Waals surface area contributed by atoms with Crippen molar-refractivity contribution >= 4 is 5.78 Å². The summed E-state index contributed by atoms with van der Waals surface area (Å²) in [7, 11) is 0. The van der Waals surface area contributed by atoms with Crippen LogP contribution in [0.1, 0.15) is 39.0 Å². The van der Waals surface area contributed by atoms with Crippen molar-refractivity contribution in [3.05, 3.63) is 11.6 Å². The molecule has 0 spiro atoms. The third-order valence-corrected chi connectivity index (χ3v) is 1.91. The molecule has 0 N–H and O–H groups in total. The third kappa shape index (κ3) is 1.98. The van der Waals surface area contributed by atoms with Gasteiger partial charge in [0.25, 0.3) is 0 Å². The molecule has 0 saturated carbocycles. The molecule has 1 rings (SSSR count). The van der Waals surface area contributed by atoms with E-state index in [1.165, 1.54) is 18.4 Å². The Kier molecular flexibility index (Phi) is 2.67. The van der Waals surface area contributed by atoms with Crippen LogP contribution in [0.4, 0.5) is 0 Å². The molecule has 1 aliphatic rings. The summed E-state index contributed by atoms with van der Waals surface area (Å²) in [6, 6.07) is 0. The van der Waals surface area contributed by atoms with Crippen molar-refractivity contribution in [2.24, 2.45) is 0 Å². The van der Waals surface area contributed by atoms with Crippen LogP contribution in [-0.4, -0.2) is 5.78 Å². The van der Waals surface area contributed by atoms with Crippen molar-refractivity contribution in [1.29, 1.82) is 0 Å². The van der Waals surface area contributed by atoms with E-state index in [0.29, 0.717) is 5.78 Å². The van der Waals surface area contributed by atoms with Gasteiger partial charge in [0, 0.05) is 6.42 Å². The summed E-state index contributed by atoms with van der Waals surface area (Å²) in [5.74, 6) is 0.325. The van der Waals surface area contributed by atoms with Gasteiger partial charge in [-0.05, 0) is 25.3 Å². The quantitative estimate of drug-likeness (QED) is 0.585. The van der Waals surface area contributed by atoms with Gasteiger partial charge in [0.05, 0.1) is 0 Å². The number of unbranched alkanes of at least 4 members (excludes halogenated alkanes) is 1. The Labute approximate surface area is 62.1 Å². The van der Waals surface area contributed by atoms with Crippen LogP contribution in [0.3, 0.4) is 0 Å². The first kappa shape index (κ1) is 7.52. The van der Waals surface area contributed by atoms with Crippen LogP contribution < -0.4 is 0 Å². The van der Waals surface area contributed by atoms with E-state index in [4.69, 9.17) is 0 Å². The van der Waals surface area contributed by atoms with Gasteiger partial charge in [-0.25, -0.2) is 0 Å². The van der Waals surface area contributed by atoms with Gasteiger partial charge in [0.2, 0.25) is 0 Å².